The van der Waals surface area contributed by atoms with Gasteiger partial charge in [0.15, 0.2) is 0 Å². The number of hydrogen-bond acceptors (Lipinski definition) is 4. The summed E-state index contributed by atoms with van der Waals surface area (Å²) in [5, 5.41) is 5.51. The van der Waals surface area contributed by atoms with Crippen molar-refractivity contribution in [1.82, 2.24) is 5.32 Å². The summed E-state index contributed by atoms with van der Waals surface area (Å²) in [7, 11) is 0. The van der Waals surface area contributed by atoms with Gasteiger partial charge in [0.25, 0.3) is 0 Å². The summed E-state index contributed by atoms with van der Waals surface area (Å²) in [6.45, 7) is 1.58. The Kier molecular flexibility index (Phi) is 7.01. The van der Waals surface area contributed by atoms with Crippen molar-refractivity contribution in [3.63, 3.8) is 0 Å². The molecule has 1 aliphatic rings. The van der Waals surface area contributed by atoms with Crippen molar-refractivity contribution in [1.29, 1.82) is 0 Å². The molecule has 0 bridgehead atoms. The van der Waals surface area contributed by atoms with E-state index >= 15 is 0 Å². The van der Waals surface area contributed by atoms with E-state index in [1.807, 2.05) is 24.3 Å². The number of amides is 2. The molecule has 23 heavy (non-hydrogen) atoms. The van der Waals surface area contributed by atoms with Crippen molar-refractivity contribution in [2.45, 2.75) is 25.3 Å². The number of ether oxygens (including phenoxy) is 1. The van der Waals surface area contributed by atoms with Crippen LogP contribution in [0.2, 0.25) is 0 Å². The average Bonchev–Trinajstić information content (AvgIpc) is 2.57. The molecule has 6 nitrogen and oxygen atoms in total. The van der Waals surface area contributed by atoms with Gasteiger partial charge < -0.3 is 21.1 Å². The van der Waals surface area contributed by atoms with Crippen LogP contribution in [0.4, 0.5) is 5.69 Å². The van der Waals surface area contributed by atoms with E-state index in [0.29, 0.717) is 13.2 Å². The van der Waals surface area contributed by atoms with E-state index < -0.39 is 6.04 Å². The van der Waals surface area contributed by atoms with E-state index in [2.05, 4.69) is 26.6 Å². The number of anilines is 1. The van der Waals surface area contributed by atoms with E-state index in [4.69, 9.17) is 10.5 Å². The Morgan fingerprint density at radius 3 is 2.57 bits per heavy atom. The van der Waals surface area contributed by atoms with Crippen molar-refractivity contribution in [3.05, 3.63) is 28.7 Å². The lowest BCUT2D eigenvalue weighted by Gasteiger charge is -2.26. The van der Waals surface area contributed by atoms with Gasteiger partial charge in [-0.15, -0.1) is 0 Å². The number of halogens is 1. The van der Waals surface area contributed by atoms with Crippen LogP contribution in [0.25, 0.3) is 0 Å². The van der Waals surface area contributed by atoms with Gasteiger partial charge in [-0.3, -0.25) is 9.59 Å². The van der Waals surface area contributed by atoms with Crippen LogP contribution in [-0.2, 0) is 14.3 Å². The van der Waals surface area contributed by atoms with Gasteiger partial charge in [-0.05, 0) is 43.0 Å². The lowest BCUT2D eigenvalue weighted by molar-refractivity contribution is -0.124. The predicted molar refractivity (Wildman–Crippen MR) is 91.9 cm³/mol. The zero-order valence-corrected chi connectivity index (χ0v) is 14.5. The van der Waals surface area contributed by atoms with E-state index in [1.54, 1.807) is 0 Å². The largest absolute Gasteiger partial charge is 0.381 e. The minimum Gasteiger partial charge on any atom is -0.381 e. The highest BCUT2D eigenvalue weighted by molar-refractivity contribution is 9.10. The summed E-state index contributed by atoms with van der Waals surface area (Å²) in [6.07, 6.45) is 1.82. The molecule has 2 rings (SSSR count). The first-order chi connectivity index (χ1) is 11.1. The summed E-state index contributed by atoms with van der Waals surface area (Å²) >= 11 is 3.34. The zero-order chi connectivity index (χ0) is 16.7. The summed E-state index contributed by atoms with van der Waals surface area (Å²) in [4.78, 5) is 23.8. The summed E-state index contributed by atoms with van der Waals surface area (Å²) < 4.78 is 6.21. The van der Waals surface area contributed by atoms with Crippen molar-refractivity contribution < 1.29 is 14.3 Å². The Morgan fingerprint density at radius 2 is 1.91 bits per heavy atom. The van der Waals surface area contributed by atoms with Gasteiger partial charge in [0, 0.05) is 36.3 Å². The van der Waals surface area contributed by atoms with Gasteiger partial charge in [-0.25, -0.2) is 0 Å². The fourth-order valence-electron chi connectivity index (χ4n) is 2.46. The average molecular weight is 384 g/mol. The number of carbonyl (C=O) groups excluding carboxylic acids is 2. The van der Waals surface area contributed by atoms with Crippen LogP contribution in [0.5, 0.6) is 0 Å². The monoisotopic (exact) mass is 383 g/mol. The minimum absolute atomic E-state index is 0.146. The van der Waals surface area contributed by atoms with Crippen LogP contribution in [0.1, 0.15) is 19.3 Å². The van der Waals surface area contributed by atoms with Crippen LogP contribution in [-0.4, -0.2) is 37.6 Å². The van der Waals surface area contributed by atoms with E-state index in [1.165, 1.54) is 0 Å². The molecular formula is C16H22BrN3O3. The van der Waals surface area contributed by atoms with Crippen molar-refractivity contribution in [3.8, 4) is 0 Å². The molecule has 0 aromatic heterocycles. The van der Waals surface area contributed by atoms with Crippen LogP contribution in [0.3, 0.4) is 0 Å². The van der Waals surface area contributed by atoms with Gasteiger partial charge in [-0.1, -0.05) is 15.9 Å². The molecule has 1 aliphatic heterocycles. The van der Waals surface area contributed by atoms with Crippen molar-refractivity contribution in [2.75, 3.05) is 25.1 Å². The van der Waals surface area contributed by atoms with E-state index in [9.17, 15) is 9.59 Å². The lowest BCUT2D eigenvalue weighted by Crippen LogP contribution is -2.47. The van der Waals surface area contributed by atoms with E-state index in [-0.39, 0.29) is 30.7 Å². The highest BCUT2D eigenvalue weighted by Crippen LogP contribution is 2.17. The Labute approximate surface area is 144 Å². The summed E-state index contributed by atoms with van der Waals surface area (Å²) in [5.41, 5.74) is 6.70. The number of hydrogen-bond donors (Lipinski definition) is 3. The first kappa shape index (κ1) is 17.9. The van der Waals surface area contributed by atoms with Gasteiger partial charge in [0.05, 0.1) is 6.04 Å². The van der Waals surface area contributed by atoms with Gasteiger partial charge in [0.1, 0.15) is 0 Å². The minimum atomic E-state index is -0.534. The third-order valence-electron chi connectivity index (χ3n) is 3.86. The molecule has 1 atom stereocenters. The topological polar surface area (TPSA) is 93.5 Å². The highest BCUT2D eigenvalue weighted by Gasteiger charge is 2.26. The smallest absolute Gasteiger partial charge is 0.237 e. The maximum atomic E-state index is 12.0. The molecule has 126 valence electrons. The molecule has 1 fully saturated rings. The molecule has 1 saturated heterocycles. The SMILES string of the molecule is NC(C(=O)NCCC(=O)Nc1ccc(Br)cc1)C1CCOCC1. The number of benzene rings is 1. The molecule has 1 unspecified atom stereocenters. The fourth-order valence-corrected chi connectivity index (χ4v) is 2.73. The highest BCUT2D eigenvalue weighted by atomic mass is 79.9. The third kappa shape index (κ3) is 5.93. The summed E-state index contributed by atoms with van der Waals surface area (Å²) in [6, 6.07) is 6.78. The second-order valence-corrected chi connectivity index (χ2v) is 6.49. The third-order valence-corrected chi connectivity index (χ3v) is 4.38. The molecule has 0 radical (unpaired) electrons. The van der Waals surface area contributed by atoms with Gasteiger partial charge in [-0.2, -0.15) is 0 Å². The number of nitrogens with one attached hydrogen (secondary N) is 2. The molecule has 0 aliphatic carbocycles. The Balaban J connectivity index is 1.68. The van der Waals surface area contributed by atoms with Gasteiger partial charge >= 0.3 is 0 Å². The normalized spacial score (nSPS) is 16.6. The maximum Gasteiger partial charge on any atom is 0.237 e. The molecule has 7 heteroatoms. The number of rotatable bonds is 6. The molecule has 1 aromatic rings. The maximum absolute atomic E-state index is 12.0. The van der Waals surface area contributed by atoms with Crippen LogP contribution >= 0.6 is 15.9 Å². The lowest BCUT2D eigenvalue weighted by atomic mass is 9.92. The quantitative estimate of drug-likeness (QED) is 0.695. The predicted octanol–water partition coefficient (Wildman–Crippen LogP) is 1.65. The molecular weight excluding hydrogens is 362 g/mol. The Morgan fingerprint density at radius 1 is 1.26 bits per heavy atom. The second kappa shape index (κ2) is 9.00. The van der Waals surface area contributed by atoms with Crippen molar-refractivity contribution >= 4 is 33.4 Å². The molecule has 4 N–H and O–H groups in total. The molecule has 0 saturated carbocycles. The van der Waals surface area contributed by atoms with Crippen LogP contribution in [0.15, 0.2) is 28.7 Å². The number of nitrogens with two attached hydrogens (primary N) is 1. The fraction of sp³-hybridized carbons (Fsp3) is 0.500. The zero-order valence-electron chi connectivity index (χ0n) is 12.9. The van der Waals surface area contributed by atoms with Crippen LogP contribution < -0.4 is 16.4 Å². The standard InChI is InChI=1S/C16H22BrN3O3/c17-12-1-3-13(4-2-12)20-14(21)5-8-19-16(22)15(18)11-6-9-23-10-7-11/h1-4,11,15H,5-10,18H2,(H,19,22)(H,20,21). The Bertz CT molecular complexity index is 530. The molecule has 1 aromatic carbocycles. The Hall–Kier alpha value is -1.44. The van der Waals surface area contributed by atoms with Crippen LogP contribution in [0, 0.1) is 5.92 Å². The molecule has 2 amide bonds. The van der Waals surface area contributed by atoms with Gasteiger partial charge in [0.2, 0.25) is 11.8 Å². The summed E-state index contributed by atoms with van der Waals surface area (Å²) in [5.74, 6) is -0.194. The van der Waals surface area contributed by atoms with E-state index in [0.717, 1.165) is 23.0 Å². The van der Waals surface area contributed by atoms with Crippen molar-refractivity contribution in [2.24, 2.45) is 11.7 Å². The number of carbonyl (C=O) groups is 2. The second-order valence-electron chi connectivity index (χ2n) is 5.57. The first-order valence-electron chi connectivity index (χ1n) is 7.72. The molecule has 1 heterocycles. The molecule has 0 spiro atoms. The first-order valence-corrected chi connectivity index (χ1v) is 8.52.